The molecular formula is C27H27ClN2O3. The Labute approximate surface area is 199 Å². The van der Waals surface area contributed by atoms with E-state index in [9.17, 15) is 9.59 Å². The normalized spacial score (nSPS) is 15.0. The van der Waals surface area contributed by atoms with Crippen LogP contribution >= 0.6 is 11.6 Å². The van der Waals surface area contributed by atoms with Gasteiger partial charge in [-0.25, -0.2) is 0 Å². The second-order valence-electron chi connectivity index (χ2n) is 8.10. The standard InChI is InChI=1S/C27H27ClN2O3/c1-4-29(20-12-9-18(2)24(28)17-20)27(32)23-15-16-30(25-8-6-5-7-22(23)25)26(31)19-10-13-21(33-3)14-11-19/h5-14,17,23H,4,15-16H2,1-3H3/t23-/m0/s1. The Morgan fingerprint density at radius 3 is 2.48 bits per heavy atom. The Morgan fingerprint density at radius 1 is 1.09 bits per heavy atom. The van der Waals surface area contributed by atoms with Crippen LogP contribution in [0.2, 0.25) is 5.02 Å². The van der Waals surface area contributed by atoms with Crippen molar-refractivity contribution in [2.75, 3.05) is 30.0 Å². The van der Waals surface area contributed by atoms with E-state index in [0.29, 0.717) is 35.8 Å². The maximum Gasteiger partial charge on any atom is 0.258 e. The van der Waals surface area contributed by atoms with Crippen LogP contribution in [0, 0.1) is 6.92 Å². The first-order valence-electron chi connectivity index (χ1n) is 11.1. The summed E-state index contributed by atoms with van der Waals surface area (Å²) in [5, 5.41) is 0.638. The molecule has 0 fully saturated rings. The van der Waals surface area contributed by atoms with Gasteiger partial charge in [0.15, 0.2) is 0 Å². The number of likely N-dealkylation sites (N-methyl/N-ethyl adjacent to an activating group) is 1. The Morgan fingerprint density at radius 2 is 1.82 bits per heavy atom. The van der Waals surface area contributed by atoms with Crippen molar-refractivity contribution in [3.8, 4) is 5.75 Å². The second-order valence-corrected chi connectivity index (χ2v) is 8.51. The molecule has 170 valence electrons. The molecule has 1 aliphatic rings. The van der Waals surface area contributed by atoms with E-state index in [1.807, 2.05) is 56.3 Å². The lowest BCUT2D eigenvalue weighted by molar-refractivity contribution is -0.120. The average Bonchev–Trinajstić information content (AvgIpc) is 2.85. The topological polar surface area (TPSA) is 49.9 Å². The monoisotopic (exact) mass is 462 g/mol. The predicted molar refractivity (Wildman–Crippen MR) is 133 cm³/mol. The van der Waals surface area contributed by atoms with Crippen LogP contribution in [0.5, 0.6) is 5.75 Å². The van der Waals surface area contributed by atoms with E-state index in [1.165, 1.54) is 0 Å². The van der Waals surface area contributed by atoms with Gasteiger partial charge in [0.2, 0.25) is 5.91 Å². The van der Waals surface area contributed by atoms with Gasteiger partial charge in [0, 0.05) is 35.1 Å². The number of methoxy groups -OCH3 is 1. The highest BCUT2D eigenvalue weighted by Crippen LogP contribution is 2.38. The quantitative estimate of drug-likeness (QED) is 0.478. The molecule has 0 saturated carbocycles. The van der Waals surface area contributed by atoms with Crippen molar-refractivity contribution in [2.45, 2.75) is 26.2 Å². The molecule has 5 nitrogen and oxygen atoms in total. The zero-order valence-corrected chi connectivity index (χ0v) is 19.8. The van der Waals surface area contributed by atoms with E-state index < -0.39 is 0 Å². The molecule has 1 atom stereocenters. The summed E-state index contributed by atoms with van der Waals surface area (Å²) in [4.78, 5) is 30.5. The molecule has 3 aromatic rings. The number of hydrogen-bond donors (Lipinski definition) is 0. The maximum atomic E-state index is 13.7. The number of anilines is 2. The summed E-state index contributed by atoms with van der Waals surface area (Å²) in [6, 6.07) is 20.5. The predicted octanol–water partition coefficient (Wildman–Crippen LogP) is 5.84. The van der Waals surface area contributed by atoms with Gasteiger partial charge in [-0.1, -0.05) is 35.9 Å². The molecule has 3 aromatic carbocycles. The van der Waals surface area contributed by atoms with Crippen molar-refractivity contribution in [1.82, 2.24) is 0 Å². The van der Waals surface area contributed by atoms with Crippen molar-refractivity contribution >= 4 is 34.8 Å². The fourth-order valence-corrected chi connectivity index (χ4v) is 4.50. The van der Waals surface area contributed by atoms with Crippen molar-refractivity contribution < 1.29 is 14.3 Å². The minimum atomic E-state index is -0.332. The highest BCUT2D eigenvalue weighted by atomic mass is 35.5. The highest BCUT2D eigenvalue weighted by Gasteiger charge is 2.35. The van der Waals surface area contributed by atoms with Crippen molar-refractivity contribution in [2.24, 2.45) is 0 Å². The molecule has 6 heteroatoms. The van der Waals surface area contributed by atoms with Gasteiger partial charge in [-0.05, 0) is 73.9 Å². The summed E-state index contributed by atoms with van der Waals surface area (Å²) in [6.45, 7) is 4.89. The van der Waals surface area contributed by atoms with Gasteiger partial charge in [-0.2, -0.15) is 0 Å². The third-order valence-corrected chi connectivity index (χ3v) is 6.58. The Kier molecular flexibility index (Phi) is 6.70. The second kappa shape index (κ2) is 9.67. The van der Waals surface area contributed by atoms with Crippen LogP contribution < -0.4 is 14.5 Å². The van der Waals surface area contributed by atoms with E-state index >= 15 is 0 Å². The number of benzene rings is 3. The number of carbonyl (C=O) groups excluding carboxylic acids is 2. The summed E-state index contributed by atoms with van der Waals surface area (Å²) < 4.78 is 5.20. The fraction of sp³-hybridized carbons (Fsp3) is 0.259. The average molecular weight is 463 g/mol. The first-order chi connectivity index (χ1) is 15.9. The number of halogens is 1. The maximum absolute atomic E-state index is 13.7. The van der Waals surface area contributed by atoms with Crippen molar-refractivity contribution in [3.63, 3.8) is 0 Å². The van der Waals surface area contributed by atoms with E-state index in [1.54, 1.807) is 41.2 Å². The van der Waals surface area contributed by atoms with Crippen LogP contribution in [0.15, 0.2) is 66.7 Å². The SMILES string of the molecule is CCN(C(=O)[C@H]1CCN(C(=O)c2ccc(OC)cc2)c2ccccc21)c1ccc(C)c(Cl)c1. The number of carbonyl (C=O) groups is 2. The molecule has 0 bridgehead atoms. The van der Waals surface area contributed by atoms with Crippen LogP contribution in [0.25, 0.3) is 0 Å². The summed E-state index contributed by atoms with van der Waals surface area (Å²) in [5.74, 6) is 0.295. The molecule has 0 saturated heterocycles. The van der Waals surface area contributed by atoms with E-state index in [2.05, 4.69) is 0 Å². The van der Waals surface area contributed by atoms with Gasteiger partial charge in [-0.15, -0.1) is 0 Å². The summed E-state index contributed by atoms with van der Waals surface area (Å²) >= 11 is 6.33. The number of hydrogen-bond acceptors (Lipinski definition) is 3. The van der Waals surface area contributed by atoms with Crippen LogP contribution in [0.4, 0.5) is 11.4 Å². The third-order valence-electron chi connectivity index (χ3n) is 6.17. The molecule has 33 heavy (non-hydrogen) atoms. The van der Waals surface area contributed by atoms with Gasteiger partial charge in [0.05, 0.1) is 13.0 Å². The largest absolute Gasteiger partial charge is 0.497 e. The smallest absolute Gasteiger partial charge is 0.258 e. The Hall–Kier alpha value is -3.31. The molecule has 0 aromatic heterocycles. The number of rotatable bonds is 5. The van der Waals surface area contributed by atoms with Gasteiger partial charge >= 0.3 is 0 Å². The molecule has 0 unspecified atom stereocenters. The Balaban J connectivity index is 1.64. The van der Waals surface area contributed by atoms with E-state index in [4.69, 9.17) is 16.3 Å². The number of fused-ring (bicyclic) bond motifs is 1. The summed E-state index contributed by atoms with van der Waals surface area (Å²) in [7, 11) is 1.60. The lowest BCUT2D eigenvalue weighted by atomic mass is 9.88. The van der Waals surface area contributed by atoms with Gasteiger partial charge in [0.25, 0.3) is 5.91 Å². The number of para-hydroxylation sites is 1. The molecule has 0 radical (unpaired) electrons. The first-order valence-corrected chi connectivity index (χ1v) is 11.4. The summed E-state index contributed by atoms with van der Waals surface area (Å²) in [5.41, 5.74) is 3.99. The molecule has 0 spiro atoms. The van der Waals surface area contributed by atoms with Crippen molar-refractivity contribution in [1.29, 1.82) is 0 Å². The van der Waals surface area contributed by atoms with Crippen LogP contribution in [-0.2, 0) is 4.79 Å². The van der Waals surface area contributed by atoms with Gasteiger partial charge in [0.1, 0.15) is 5.75 Å². The lowest BCUT2D eigenvalue weighted by Gasteiger charge is -2.36. The molecular weight excluding hydrogens is 436 g/mol. The molecule has 0 aliphatic carbocycles. The number of aryl methyl sites for hydroxylation is 1. The lowest BCUT2D eigenvalue weighted by Crippen LogP contribution is -2.42. The zero-order chi connectivity index (χ0) is 23.5. The van der Waals surface area contributed by atoms with Gasteiger partial charge < -0.3 is 14.5 Å². The van der Waals surface area contributed by atoms with E-state index in [0.717, 1.165) is 22.5 Å². The number of nitrogens with zero attached hydrogens (tertiary/aromatic N) is 2. The fourth-order valence-electron chi connectivity index (χ4n) is 4.32. The van der Waals surface area contributed by atoms with Crippen LogP contribution in [-0.4, -0.2) is 32.0 Å². The third kappa shape index (κ3) is 4.46. The van der Waals surface area contributed by atoms with E-state index in [-0.39, 0.29) is 17.7 Å². The molecule has 4 rings (SSSR count). The molecule has 0 N–H and O–H groups in total. The minimum Gasteiger partial charge on any atom is -0.497 e. The van der Waals surface area contributed by atoms with Crippen LogP contribution in [0.1, 0.15) is 40.7 Å². The molecule has 1 heterocycles. The summed E-state index contributed by atoms with van der Waals surface area (Å²) in [6.07, 6.45) is 0.549. The first kappa shape index (κ1) is 22.9. The minimum absolute atomic E-state index is 0.0152. The number of amides is 2. The Bertz CT molecular complexity index is 1180. The molecule has 1 aliphatic heterocycles. The van der Waals surface area contributed by atoms with Crippen LogP contribution in [0.3, 0.4) is 0 Å². The zero-order valence-electron chi connectivity index (χ0n) is 19.0. The number of ether oxygens (including phenoxy) is 1. The van der Waals surface area contributed by atoms with Gasteiger partial charge in [-0.3, -0.25) is 9.59 Å². The molecule has 2 amide bonds. The van der Waals surface area contributed by atoms with Crippen molar-refractivity contribution in [3.05, 3.63) is 88.4 Å². The highest BCUT2D eigenvalue weighted by molar-refractivity contribution is 6.31.